The van der Waals surface area contributed by atoms with E-state index in [1.807, 2.05) is 0 Å². The first-order chi connectivity index (χ1) is 13.9. The van der Waals surface area contributed by atoms with Crippen LogP contribution >= 0.6 is 0 Å². The number of amides is 1. The predicted octanol–water partition coefficient (Wildman–Crippen LogP) is 3.11. The minimum Gasteiger partial charge on any atom is -0.493 e. The van der Waals surface area contributed by atoms with Crippen LogP contribution in [0.4, 0.5) is 14.5 Å². The Bertz CT molecular complexity index is 874. The van der Waals surface area contributed by atoms with Crippen molar-refractivity contribution in [2.75, 3.05) is 33.3 Å². The molecule has 0 heterocycles. The number of esters is 1. The zero-order chi connectivity index (χ0) is 21.4. The summed E-state index contributed by atoms with van der Waals surface area (Å²) in [5.74, 6) is -0.766. The lowest BCUT2D eigenvalue weighted by Gasteiger charge is -2.13. The van der Waals surface area contributed by atoms with Gasteiger partial charge in [0.15, 0.2) is 29.6 Å². The van der Waals surface area contributed by atoms with E-state index in [0.717, 1.165) is 0 Å². The number of benzene rings is 2. The Morgan fingerprint density at radius 2 is 1.62 bits per heavy atom. The van der Waals surface area contributed by atoms with Gasteiger partial charge >= 0.3 is 12.6 Å². The number of hydrogen-bond acceptors (Lipinski definition) is 7. The summed E-state index contributed by atoms with van der Waals surface area (Å²) >= 11 is 0. The third-order valence-corrected chi connectivity index (χ3v) is 3.64. The molecule has 0 unspecified atom stereocenters. The second-order valence-electron chi connectivity index (χ2n) is 5.43. The molecule has 0 saturated carbocycles. The summed E-state index contributed by atoms with van der Waals surface area (Å²) in [6, 6.07) is 8.38. The van der Waals surface area contributed by atoms with Crippen LogP contribution in [0.2, 0.25) is 0 Å². The fourth-order valence-corrected chi connectivity index (χ4v) is 2.27. The zero-order valence-corrected chi connectivity index (χ0v) is 15.9. The Kier molecular flexibility index (Phi) is 7.58. The minimum absolute atomic E-state index is 0.0945. The van der Waals surface area contributed by atoms with Gasteiger partial charge in [-0.1, -0.05) is 0 Å². The van der Waals surface area contributed by atoms with Crippen molar-refractivity contribution in [2.45, 2.75) is 6.61 Å². The van der Waals surface area contributed by atoms with Crippen LogP contribution in [0.25, 0.3) is 0 Å². The molecule has 2 rings (SSSR count). The molecule has 10 heteroatoms. The van der Waals surface area contributed by atoms with Gasteiger partial charge in [0, 0.05) is 17.3 Å². The highest BCUT2D eigenvalue weighted by Crippen LogP contribution is 2.32. The van der Waals surface area contributed by atoms with Gasteiger partial charge in [-0.25, -0.2) is 4.79 Å². The van der Waals surface area contributed by atoms with Crippen molar-refractivity contribution in [1.82, 2.24) is 0 Å². The van der Waals surface area contributed by atoms with Gasteiger partial charge in [-0.05, 0) is 30.3 Å². The number of anilines is 1. The van der Waals surface area contributed by atoms with E-state index in [1.54, 1.807) is 0 Å². The first kappa shape index (κ1) is 21.7. The quantitative estimate of drug-likeness (QED) is 0.634. The fraction of sp³-hybridized carbons (Fsp3) is 0.263. The van der Waals surface area contributed by atoms with Crippen molar-refractivity contribution >= 4 is 17.6 Å². The number of hydrogen-bond donors (Lipinski definition) is 1. The summed E-state index contributed by atoms with van der Waals surface area (Å²) in [5, 5.41) is 2.56. The number of ether oxygens (including phenoxy) is 5. The molecule has 0 aliphatic carbocycles. The molecular formula is C19H19F2NO7. The molecule has 0 atom stereocenters. The van der Waals surface area contributed by atoms with Crippen molar-refractivity contribution in [2.24, 2.45) is 0 Å². The maximum Gasteiger partial charge on any atom is 0.387 e. The van der Waals surface area contributed by atoms with Crippen molar-refractivity contribution in [3.8, 4) is 23.0 Å². The van der Waals surface area contributed by atoms with Crippen LogP contribution in [0, 0.1) is 0 Å². The van der Waals surface area contributed by atoms with Crippen LogP contribution in [0.1, 0.15) is 10.4 Å². The molecule has 156 valence electrons. The highest BCUT2D eigenvalue weighted by molar-refractivity contribution is 6.04. The van der Waals surface area contributed by atoms with Crippen LogP contribution < -0.4 is 24.3 Å². The smallest absolute Gasteiger partial charge is 0.387 e. The van der Waals surface area contributed by atoms with Gasteiger partial charge in [0.25, 0.3) is 5.91 Å². The lowest BCUT2D eigenvalue weighted by Crippen LogP contribution is -2.14. The average Bonchev–Trinajstić information content (AvgIpc) is 2.71. The summed E-state index contributed by atoms with van der Waals surface area (Å²) in [4.78, 5) is 23.7. The van der Waals surface area contributed by atoms with Gasteiger partial charge in [0.05, 0.1) is 21.3 Å². The van der Waals surface area contributed by atoms with Crippen LogP contribution in [-0.4, -0.2) is 46.4 Å². The summed E-state index contributed by atoms with van der Waals surface area (Å²) in [7, 11) is 3.91. The van der Waals surface area contributed by atoms with E-state index in [9.17, 15) is 18.4 Å². The molecular weight excluding hydrogens is 392 g/mol. The molecule has 0 radical (unpaired) electrons. The summed E-state index contributed by atoms with van der Waals surface area (Å²) in [5.41, 5.74) is 0.427. The molecule has 0 saturated heterocycles. The number of nitrogens with one attached hydrogen (secondary N) is 1. The van der Waals surface area contributed by atoms with Crippen molar-refractivity contribution in [3.05, 3.63) is 42.0 Å². The van der Waals surface area contributed by atoms with E-state index < -0.39 is 18.5 Å². The molecule has 29 heavy (non-hydrogen) atoms. The fourth-order valence-electron chi connectivity index (χ4n) is 2.27. The first-order valence-corrected chi connectivity index (χ1v) is 8.19. The van der Waals surface area contributed by atoms with Gasteiger partial charge in [-0.2, -0.15) is 8.78 Å². The van der Waals surface area contributed by atoms with Gasteiger partial charge in [-0.15, -0.1) is 0 Å². The van der Waals surface area contributed by atoms with Gasteiger partial charge in [0.2, 0.25) is 0 Å². The summed E-state index contributed by atoms with van der Waals surface area (Å²) in [6.07, 6.45) is 0. The number of carbonyl (C=O) groups is 2. The van der Waals surface area contributed by atoms with Crippen LogP contribution in [-0.2, 0) is 9.53 Å². The lowest BCUT2D eigenvalue weighted by atomic mass is 10.1. The number of alkyl halides is 2. The Balaban J connectivity index is 2.17. The molecule has 0 aliphatic heterocycles. The van der Waals surface area contributed by atoms with Crippen molar-refractivity contribution < 1.29 is 42.1 Å². The molecule has 0 spiro atoms. The average molecular weight is 411 g/mol. The largest absolute Gasteiger partial charge is 0.493 e. The number of carbonyl (C=O) groups excluding carboxylic acids is 2. The summed E-state index contributed by atoms with van der Waals surface area (Å²) < 4.78 is 49.3. The molecule has 1 amide bonds. The molecule has 2 aromatic carbocycles. The number of halogens is 2. The van der Waals surface area contributed by atoms with Gasteiger partial charge in [0.1, 0.15) is 0 Å². The Labute approximate surface area is 165 Å². The normalized spacial score (nSPS) is 10.3. The van der Waals surface area contributed by atoms with Gasteiger partial charge in [-0.3, -0.25) is 4.79 Å². The zero-order valence-electron chi connectivity index (χ0n) is 15.9. The maximum absolute atomic E-state index is 12.5. The topological polar surface area (TPSA) is 92.3 Å². The predicted molar refractivity (Wildman–Crippen MR) is 98.1 cm³/mol. The minimum atomic E-state index is -3.04. The third kappa shape index (κ3) is 5.96. The monoisotopic (exact) mass is 411 g/mol. The van der Waals surface area contributed by atoms with Gasteiger partial charge < -0.3 is 29.0 Å². The molecule has 1 N–H and O–H groups in total. The standard InChI is InChI=1S/C19H19F2NO7/c1-25-13-7-5-12(9-16(13)29-19(20)21)22-18(24)11-4-6-14(15(8-11)26-2)28-10-17(23)27-3/h4-9,19H,10H2,1-3H3,(H,22,24). The molecule has 0 aliphatic rings. The van der Waals surface area contributed by atoms with Crippen LogP contribution in [0.15, 0.2) is 36.4 Å². The van der Waals surface area contributed by atoms with Crippen LogP contribution in [0.3, 0.4) is 0 Å². The van der Waals surface area contributed by atoms with E-state index in [-0.39, 0.29) is 40.9 Å². The highest BCUT2D eigenvalue weighted by atomic mass is 19.3. The lowest BCUT2D eigenvalue weighted by molar-refractivity contribution is -0.142. The maximum atomic E-state index is 12.5. The van der Waals surface area contributed by atoms with E-state index in [4.69, 9.17) is 14.2 Å². The number of rotatable bonds is 9. The highest BCUT2D eigenvalue weighted by Gasteiger charge is 2.15. The molecule has 8 nitrogen and oxygen atoms in total. The summed E-state index contributed by atoms with van der Waals surface area (Å²) in [6.45, 7) is -3.37. The third-order valence-electron chi connectivity index (χ3n) is 3.64. The SMILES string of the molecule is COC(=O)COc1ccc(C(=O)Nc2ccc(OC)c(OC(F)F)c2)cc1OC. The molecule has 2 aromatic rings. The van der Waals surface area contributed by atoms with E-state index in [2.05, 4.69) is 14.8 Å². The van der Waals surface area contributed by atoms with Crippen LogP contribution in [0.5, 0.6) is 23.0 Å². The molecule has 0 aromatic heterocycles. The van der Waals surface area contributed by atoms with Crippen molar-refractivity contribution in [1.29, 1.82) is 0 Å². The first-order valence-electron chi connectivity index (χ1n) is 8.19. The number of methoxy groups -OCH3 is 3. The Morgan fingerprint density at radius 1 is 0.931 bits per heavy atom. The Morgan fingerprint density at radius 3 is 2.24 bits per heavy atom. The molecule has 0 fully saturated rings. The second kappa shape index (κ2) is 10.1. The van der Waals surface area contributed by atoms with Crippen molar-refractivity contribution in [3.63, 3.8) is 0 Å². The van der Waals surface area contributed by atoms with E-state index >= 15 is 0 Å². The Hall–Kier alpha value is -3.56. The second-order valence-corrected chi connectivity index (χ2v) is 5.43. The van der Waals surface area contributed by atoms with E-state index in [1.165, 1.54) is 57.7 Å². The molecule has 0 bridgehead atoms. The van der Waals surface area contributed by atoms with E-state index in [0.29, 0.717) is 0 Å².